The summed E-state index contributed by atoms with van der Waals surface area (Å²) in [5.41, 5.74) is -1.05. The molecule has 1 unspecified atom stereocenters. The molecule has 5 nitrogen and oxygen atoms in total. The van der Waals surface area contributed by atoms with Crippen LogP contribution < -0.4 is 5.32 Å². The van der Waals surface area contributed by atoms with Gasteiger partial charge >= 0.3 is 6.18 Å². The second-order valence-corrected chi connectivity index (χ2v) is 6.24. The number of sulfone groups is 1. The van der Waals surface area contributed by atoms with Crippen molar-refractivity contribution in [3.05, 3.63) is 18.0 Å². The highest BCUT2D eigenvalue weighted by atomic mass is 32.2. The van der Waals surface area contributed by atoms with Crippen molar-refractivity contribution < 1.29 is 21.6 Å². The minimum Gasteiger partial charge on any atom is -0.350 e. The van der Waals surface area contributed by atoms with Gasteiger partial charge in [0.15, 0.2) is 9.84 Å². The first-order chi connectivity index (χ1) is 8.26. The molecule has 100 valence electrons. The quantitative estimate of drug-likeness (QED) is 0.878. The van der Waals surface area contributed by atoms with Gasteiger partial charge in [-0.05, 0) is 12.5 Å². The SMILES string of the molecule is O=S1(=O)CCC(Nc2nccc(C(F)(F)F)n2)C1. The van der Waals surface area contributed by atoms with Gasteiger partial charge in [-0.3, -0.25) is 0 Å². The first kappa shape index (κ1) is 13.1. The van der Waals surface area contributed by atoms with Crippen LogP contribution in [0.3, 0.4) is 0 Å². The van der Waals surface area contributed by atoms with E-state index in [4.69, 9.17) is 0 Å². The number of nitrogens with one attached hydrogen (secondary N) is 1. The van der Waals surface area contributed by atoms with E-state index < -0.39 is 27.7 Å². The van der Waals surface area contributed by atoms with E-state index in [1.807, 2.05) is 0 Å². The summed E-state index contributed by atoms with van der Waals surface area (Å²) in [7, 11) is -3.09. The molecule has 1 N–H and O–H groups in total. The Hall–Kier alpha value is -1.38. The van der Waals surface area contributed by atoms with E-state index in [0.29, 0.717) is 6.42 Å². The number of alkyl halides is 3. The Morgan fingerprint density at radius 3 is 2.67 bits per heavy atom. The molecule has 18 heavy (non-hydrogen) atoms. The Bertz CT molecular complexity index is 544. The van der Waals surface area contributed by atoms with Gasteiger partial charge < -0.3 is 5.32 Å². The maximum Gasteiger partial charge on any atom is 0.433 e. The van der Waals surface area contributed by atoms with Crippen LogP contribution in [0.5, 0.6) is 0 Å². The third-order valence-electron chi connectivity index (χ3n) is 2.51. The lowest BCUT2D eigenvalue weighted by atomic mass is 10.3. The molecule has 0 bridgehead atoms. The third kappa shape index (κ3) is 3.09. The molecule has 2 rings (SSSR count). The molecule has 0 amide bonds. The Labute approximate surface area is 101 Å². The van der Waals surface area contributed by atoms with E-state index in [1.54, 1.807) is 0 Å². The average Bonchev–Trinajstić information content (AvgIpc) is 2.57. The van der Waals surface area contributed by atoms with E-state index in [0.717, 1.165) is 12.3 Å². The number of hydrogen-bond acceptors (Lipinski definition) is 5. The van der Waals surface area contributed by atoms with Crippen LogP contribution in [-0.4, -0.2) is 35.9 Å². The molecule has 9 heteroatoms. The molecule has 0 radical (unpaired) electrons. The van der Waals surface area contributed by atoms with Crippen LogP contribution in [0.25, 0.3) is 0 Å². The van der Waals surface area contributed by atoms with E-state index >= 15 is 0 Å². The normalized spacial score (nSPS) is 22.9. The Morgan fingerprint density at radius 2 is 2.11 bits per heavy atom. The van der Waals surface area contributed by atoms with Gasteiger partial charge in [0.2, 0.25) is 5.95 Å². The van der Waals surface area contributed by atoms with Crippen LogP contribution in [-0.2, 0) is 16.0 Å². The number of anilines is 1. The maximum absolute atomic E-state index is 12.4. The van der Waals surface area contributed by atoms with Crippen molar-refractivity contribution in [2.24, 2.45) is 0 Å². The molecule has 1 aliphatic heterocycles. The molecule has 1 aliphatic rings. The van der Waals surface area contributed by atoms with Crippen LogP contribution in [0, 0.1) is 0 Å². The van der Waals surface area contributed by atoms with Crippen molar-refractivity contribution in [1.29, 1.82) is 0 Å². The molecule has 0 aromatic carbocycles. The predicted molar refractivity (Wildman–Crippen MR) is 57.7 cm³/mol. The highest BCUT2D eigenvalue weighted by molar-refractivity contribution is 7.91. The molecule has 2 heterocycles. The minimum atomic E-state index is -4.54. The first-order valence-electron chi connectivity index (χ1n) is 5.13. The molecule has 0 spiro atoms. The fourth-order valence-electron chi connectivity index (χ4n) is 1.68. The predicted octanol–water partition coefficient (Wildman–Crippen LogP) is 1.09. The minimum absolute atomic E-state index is 0.0314. The zero-order valence-corrected chi connectivity index (χ0v) is 9.92. The summed E-state index contributed by atoms with van der Waals surface area (Å²) in [5, 5.41) is 2.61. The van der Waals surface area contributed by atoms with E-state index in [2.05, 4.69) is 15.3 Å². The van der Waals surface area contributed by atoms with Gasteiger partial charge in [0.05, 0.1) is 11.5 Å². The molecule has 0 saturated carbocycles. The molecule has 0 aliphatic carbocycles. The van der Waals surface area contributed by atoms with Gasteiger partial charge in [-0.2, -0.15) is 13.2 Å². The lowest BCUT2D eigenvalue weighted by Crippen LogP contribution is -2.22. The summed E-state index contributed by atoms with van der Waals surface area (Å²) in [6, 6.07) is 0.329. The smallest absolute Gasteiger partial charge is 0.350 e. The Morgan fingerprint density at radius 1 is 1.39 bits per heavy atom. The molecular weight excluding hydrogens is 271 g/mol. The van der Waals surface area contributed by atoms with Gasteiger partial charge in [0, 0.05) is 12.2 Å². The topological polar surface area (TPSA) is 72.0 Å². The van der Waals surface area contributed by atoms with Crippen LogP contribution >= 0.6 is 0 Å². The monoisotopic (exact) mass is 281 g/mol. The van der Waals surface area contributed by atoms with E-state index in [-0.39, 0.29) is 17.5 Å². The number of halogens is 3. The average molecular weight is 281 g/mol. The van der Waals surface area contributed by atoms with E-state index in [9.17, 15) is 21.6 Å². The number of nitrogens with zero attached hydrogens (tertiary/aromatic N) is 2. The van der Waals surface area contributed by atoms with Gasteiger partial charge in [0.25, 0.3) is 0 Å². The van der Waals surface area contributed by atoms with Crippen molar-refractivity contribution in [3.8, 4) is 0 Å². The summed E-state index contributed by atoms with van der Waals surface area (Å²) in [6.45, 7) is 0. The summed E-state index contributed by atoms with van der Waals surface area (Å²) < 4.78 is 59.6. The van der Waals surface area contributed by atoms with Crippen LogP contribution in [0.2, 0.25) is 0 Å². The summed E-state index contributed by atoms with van der Waals surface area (Å²) in [4.78, 5) is 6.96. The summed E-state index contributed by atoms with van der Waals surface area (Å²) in [5.74, 6) is -0.275. The van der Waals surface area contributed by atoms with Gasteiger partial charge in [-0.25, -0.2) is 18.4 Å². The maximum atomic E-state index is 12.4. The summed E-state index contributed by atoms with van der Waals surface area (Å²) >= 11 is 0. The highest BCUT2D eigenvalue weighted by Gasteiger charge is 2.33. The van der Waals surface area contributed by atoms with Crippen molar-refractivity contribution in [1.82, 2.24) is 9.97 Å². The lowest BCUT2D eigenvalue weighted by Gasteiger charge is -2.12. The van der Waals surface area contributed by atoms with Crippen molar-refractivity contribution in [3.63, 3.8) is 0 Å². The third-order valence-corrected chi connectivity index (χ3v) is 4.28. The summed E-state index contributed by atoms with van der Waals surface area (Å²) in [6.07, 6.45) is -3.20. The number of aromatic nitrogens is 2. The number of hydrogen-bond donors (Lipinski definition) is 1. The molecule has 1 fully saturated rings. The Kier molecular flexibility index (Phi) is 3.18. The number of rotatable bonds is 2. The fourth-order valence-corrected chi connectivity index (χ4v) is 3.35. The second-order valence-electron chi connectivity index (χ2n) is 4.01. The van der Waals surface area contributed by atoms with E-state index in [1.165, 1.54) is 0 Å². The van der Waals surface area contributed by atoms with Crippen LogP contribution in [0.4, 0.5) is 19.1 Å². The lowest BCUT2D eigenvalue weighted by molar-refractivity contribution is -0.141. The van der Waals surface area contributed by atoms with Gasteiger partial charge in [-0.1, -0.05) is 0 Å². The molecular formula is C9H10F3N3O2S. The zero-order chi connectivity index (χ0) is 13.4. The molecule has 1 saturated heterocycles. The molecule has 1 aromatic heterocycles. The van der Waals surface area contributed by atoms with Gasteiger partial charge in [-0.15, -0.1) is 0 Å². The van der Waals surface area contributed by atoms with Crippen molar-refractivity contribution in [2.75, 3.05) is 16.8 Å². The van der Waals surface area contributed by atoms with Crippen molar-refractivity contribution >= 4 is 15.8 Å². The zero-order valence-electron chi connectivity index (χ0n) is 9.11. The first-order valence-corrected chi connectivity index (χ1v) is 6.96. The largest absolute Gasteiger partial charge is 0.433 e. The second kappa shape index (κ2) is 4.38. The highest BCUT2D eigenvalue weighted by Crippen LogP contribution is 2.27. The Balaban J connectivity index is 2.11. The fraction of sp³-hybridized carbons (Fsp3) is 0.556. The standard InChI is InChI=1S/C9H10F3N3O2S/c10-9(11,12)7-1-3-13-8(15-7)14-6-2-4-18(16,17)5-6/h1,3,6H,2,4-5H2,(H,13,14,15). The van der Waals surface area contributed by atoms with Crippen molar-refractivity contribution in [2.45, 2.75) is 18.6 Å². The van der Waals surface area contributed by atoms with Gasteiger partial charge in [0.1, 0.15) is 5.69 Å². The molecule has 1 atom stereocenters. The van der Waals surface area contributed by atoms with Crippen LogP contribution in [0.1, 0.15) is 12.1 Å². The molecule has 1 aromatic rings. The van der Waals surface area contributed by atoms with Crippen LogP contribution in [0.15, 0.2) is 12.3 Å².